The third-order valence-electron chi connectivity index (χ3n) is 5.47. The minimum atomic E-state index is -0.562. The Morgan fingerprint density at radius 2 is 1.83 bits per heavy atom. The molecule has 1 saturated heterocycles. The number of carbonyl (C=O) groups excluding carboxylic acids is 3. The number of ketones is 1. The lowest BCUT2D eigenvalue weighted by molar-refractivity contribution is -0.130. The molecule has 1 aromatic rings. The molecule has 0 spiro atoms. The molecule has 2 heterocycles. The molecule has 1 atom stereocenters. The van der Waals surface area contributed by atoms with Gasteiger partial charge in [0, 0.05) is 37.2 Å². The quantitative estimate of drug-likeness (QED) is 0.717. The smallest absolute Gasteiger partial charge is 0.410 e. The first kappa shape index (κ1) is 22.1. The van der Waals surface area contributed by atoms with Crippen molar-refractivity contribution in [2.75, 3.05) is 6.54 Å². The number of allylic oxidation sites excluding steroid dienone is 1. The van der Waals surface area contributed by atoms with Gasteiger partial charge in [-0.05, 0) is 52.0 Å². The van der Waals surface area contributed by atoms with Crippen LogP contribution in [-0.4, -0.2) is 45.8 Å². The Balaban J connectivity index is 1.67. The molecule has 0 bridgehead atoms. The van der Waals surface area contributed by atoms with E-state index in [2.05, 4.69) is 0 Å². The highest BCUT2D eigenvalue weighted by molar-refractivity contribution is 5.98. The van der Waals surface area contributed by atoms with Crippen molar-refractivity contribution in [2.24, 2.45) is 0 Å². The van der Waals surface area contributed by atoms with Gasteiger partial charge in [-0.15, -0.1) is 0 Å². The zero-order valence-corrected chi connectivity index (χ0v) is 18.2. The van der Waals surface area contributed by atoms with Gasteiger partial charge in [0.05, 0.1) is 6.54 Å². The fourth-order valence-electron chi connectivity index (χ4n) is 3.95. The minimum Gasteiger partial charge on any atom is -0.444 e. The maximum absolute atomic E-state index is 13.0. The van der Waals surface area contributed by atoms with Crippen molar-refractivity contribution in [2.45, 2.75) is 77.5 Å². The third kappa shape index (κ3) is 5.94. The SMILES string of the molecule is CC(C)(C)OC(=O)N1CCCCC1CC(=O)C1=CN(Cc2ccccc2)C(=O)CC1. The third-order valence-corrected chi connectivity index (χ3v) is 5.47. The van der Waals surface area contributed by atoms with E-state index in [1.807, 2.05) is 51.1 Å². The molecule has 2 amide bonds. The molecular weight excluding hydrogens is 380 g/mol. The van der Waals surface area contributed by atoms with Gasteiger partial charge in [-0.2, -0.15) is 0 Å². The summed E-state index contributed by atoms with van der Waals surface area (Å²) in [7, 11) is 0. The molecule has 162 valence electrons. The second kappa shape index (κ2) is 9.45. The van der Waals surface area contributed by atoms with Gasteiger partial charge in [-0.1, -0.05) is 30.3 Å². The van der Waals surface area contributed by atoms with Crippen LogP contribution < -0.4 is 0 Å². The number of Topliss-reactive ketones (excluding diaryl/α,β-unsaturated/α-hetero) is 1. The van der Waals surface area contributed by atoms with E-state index < -0.39 is 5.60 Å². The van der Waals surface area contributed by atoms with E-state index in [1.54, 1.807) is 16.0 Å². The van der Waals surface area contributed by atoms with Crippen molar-refractivity contribution in [1.29, 1.82) is 0 Å². The van der Waals surface area contributed by atoms with Crippen LogP contribution in [0.4, 0.5) is 4.79 Å². The van der Waals surface area contributed by atoms with Crippen LogP contribution in [0, 0.1) is 0 Å². The molecule has 6 heteroatoms. The van der Waals surface area contributed by atoms with Crippen LogP contribution in [0.1, 0.15) is 64.9 Å². The number of piperidine rings is 1. The molecule has 2 aliphatic heterocycles. The summed E-state index contributed by atoms with van der Waals surface area (Å²) in [6, 6.07) is 9.60. The van der Waals surface area contributed by atoms with Crippen molar-refractivity contribution in [1.82, 2.24) is 9.80 Å². The Labute approximate surface area is 178 Å². The molecule has 6 nitrogen and oxygen atoms in total. The molecule has 30 heavy (non-hydrogen) atoms. The predicted octanol–water partition coefficient (Wildman–Crippen LogP) is 4.44. The molecule has 0 aliphatic carbocycles. The number of nitrogens with zero attached hydrogens (tertiary/aromatic N) is 2. The lowest BCUT2D eigenvalue weighted by atomic mass is 9.93. The Morgan fingerprint density at radius 3 is 2.53 bits per heavy atom. The summed E-state index contributed by atoms with van der Waals surface area (Å²) in [5.74, 6) is 0.0458. The van der Waals surface area contributed by atoms with Crippen molar-refractivity contribution < 1.29 is 19.1 Å². The van der Waals surface area contributed by atoms with Gasteiger partial charge >= 0.3 is 6.09 Å². The highest BCUT2D eigenvalue weighted by atomic mass is 16.6. The number of rotatable bonds is 5. The molecular formula is C24H32N2O4. The van der Waals surface area contributed by atoms with Crippen molar-refractivity contribution in [3.63, 3.8) is 0 Å². The zero-order valence-electron chi connectivity index (χ0n) is 18.2. The fourth-order valence-corrected chi connectivity index (χ4v) is 3.95. The zero-order chi connectivity index (χ0) is 21.7. The molecule has 1 fully saturated rings. The summed E-state index contributed by atoms with van der Waals surface area (Å²) in [6.45, 7) is 6.62. The monoisotopic (exact) mass is 412 g/mol. The average molecular weight is 413 g/mol. The van der Waals surface area contributed by atoms with Crippen LogP contribution in [0.15, 0.2) is 42.1 Å². The van der Waals surface area contributed by atoms with E-state index in [9.17, 15) is 14.4 Å². The van der Waals surface area contributed by atoms with E-state index in [0.717, 1.165) is 24.8 Å². The van der Waals surface area contributed by atoms with Gasteiger partial charge in [0.25, 0.3) is 0 Å². The van der Waals surface area contributed by atoms with Gasteiger partial charge in [0.1, 0.15) is 5.60 Å². The summed E-state index contributed by atoms with van der Waals surface area (Å²) in [5.41, 5.74) is 1.13. The van der Waals surface area contributed by atoms with E-state index in [1.165, 1.54) is 0 Å². The first-order valence-corrected chi connectivity index (χ1v) is 10.8. The molecule has 0 aromatic heterocycles. The van der Waals surface area contributed by atoms with Crippen LogP contribution in [0.25, 0.3) is 0 Å². The van der Waals surface area contributed by atoms with Crippen molar-refractivity contribution in [3.05, 3.63) is 47.7 Å². The van der Waals surface area contributed by atoms with Crippen LogP contribution in [0.3, 0.4) is 0 Å². The van der Waals surface area contributed by atoms with Gasteiger partial charge in [0.2, 0.25) is 5.91 Å². The van der Waals surface area contributed by atoms with Crippen LogP contribution in [-0.2, 0) is 20.9 Å². The number of benzene rings is 1. The van der Waals surface area contributed by atoms with Crippen LogP contribution in [0.2, 0.25) is 0 Å². The van der Waals surface area contributed by atoms with E-state index in [0.29, 0.717) is 31.5 Å². The second-order valence-electron chi connectivity index (χ2n) is 9.11. The number of amides is 2. The minimum absolute atomic E-state index is 0.0148. The standard InChI is InChI=1S/C24H32N2O4/c1-24(2,3)30-23(29)26-14-8-7-11-20(26)15-21(27)19-12-13-22(28)25(17-19)16-18-9-5-4-6-10-18/h4-6,9-10,17,20H,7-8,11-16H2,1-3H3. The fraction of sp³-hybridized carbons (Fsp3) is 0.542. The van der Waals surface area contributed by atoms with Gasteiger partial charge in [-0.25, -0.2) is 4.79 Å². The van der Waals surface area contributed by atoms with Crippen molar-refractivity contribution in [3.8, 4) is 0 Å². The Hall–Kier alpha value is -2.63. The first-order chi connectivity index (χ1) is 14.2. The summed E-state index contributed by atoms with van der Waals surface area (Å²) >= 11 is 0. The lowest BCUT2D eigenvalue weighted by Crippen LogP contribution is -2.47. The maximum Gasteiger partial charge on any atom is 0.410 e. The number of hydrogen-bond donors (Lipinski definition) is 0. The summed E-state index contributed by atoms with van der Waals surface area (Å²) in [4.78, 5) is 41.3. The number of hydrogen-bond acceptors (Lipinski definition) is 4. The van der Waals surface area contributed by atoms with Gasteiger partial charge in [0.15, 0.2) is 5.78 Å². The lowest BCUT2D eigenvalue weighted by Gasteiger charge is -2.36. The number of carbonyl (C=O) groups is 3. The topological polar surface area (TPSA) is 66.9 Å². The molecule has 2 aliphatic rings. The van der Waals surface area contributed by atoms with E-state index in [4.69, 9.17) is 4.74 Å². The van der Waals surface area contributed by atoms with Crippen molar-refractivity contribution >= 4 is 17.8 Å². The highest BCUT2D eigenvalue weighted by Crippen LogP contribution is 2.26. The second-order valence-corrected chi connectivity index (χ2v) is 9.11. The van der Waals surface area contributed by atoms with E-state index >= 15 is 0 Å². The molecule has 0 radical (unpaired) electrons. The normalized spacial score (nSPS) is 20.0. The molecule has 0 saturated carbocycles. The molecule has 0 N–H and O–H groups in total. The predicted molar refractivity (Wildman–Crippen MR) is 115 cm³/mol. The summed E-state index contributed by atoms with van der Waals surface area (Å²) < 4.78 is 5.54. The molecule has 1 aromatic carbocycles. The van der Waals surface area contributed by atoms with Gasteiger partial charge in [-0.3, -0.25) is 9.59 Å². The van der Waals surface area contributed by atoms with Gasteiger partial charge < -0.3 is 14.5 Å². The van der Waals surface area contributed by atoms with E-state index in [-0.39, 0.29) is 30.2 Å². The largest absolute Gasteiger partial charge is 0.444 e. The van der Waals surface area contributed by atoms with Crippen LogP contribution in [0.5, 0.6) is 0 Å². The number of ether oxygens (including phenoxy) is 1. The van der Waals surface area contributed by atoms with Crippen LogP contribution >= 0.6 is 0 Å². The summed E-state index contributed by atoms with van der Waals surface area (Å²) in [6.07, 6.45) is 5.15. The number of likely N-dealkylation sites (tertiary alicyclic amines) is 1. The Bertz CT molecular complexity index is 810. The molecule has 3 rings (SSSR count). The first-order valence-electron chi connectivity index (χ1n) is 10.8. The maximum atomic E-state index is 13.0. The summed E-state index contributed by atoms with van der Waals surface area (Å²) in [5, 5.41) is 0. The highest BCUT2D eigenvalue weighted by Gasteiger charge is 2.33. The average Bonchev–Trinajstić information content (AvgIpc) is 2.69. The molecule has 1 unspecified atom stereocenters. The Morgan fingerprint density at radius 1 is 1.10 bits per heavy atom. The Kier molecular flexibility index (Phi) is 6.95.